The molecule has 0 bridgehead atoms. The van der Waals surface area contributed by atoms with Gasteiger partial charge in [0.05, 0.1) is 5.41 Å². The highest BCUT2D eigenvalue weighted by Gasteiger charge is 2.41. The van der Waals surface area contributed by atoms with E-state index in [-0.39, 0.29) is 11.7 Å². The SMILES string of the molecule is Cc1ccc(NC(=O)C2(CNc3ccc4ncc([N+](=O)[O-])n4n3)CCCC2)cc1C. The zero-order valence-corrected chi connectivity index (χ0v) is 17.0. The van der Waals surface area contributed by atoms with Crippen LogP contribution in [0.4, 0.5) is 17.3 Å². The molecule has 1 fully saturated rings. The summed E-state index contributed by atoms with van der Waals surface area (Å²) < 4.78 is 1.19. The van der Waals surface area contributed by atoms with Gasteiger partial charge in [0.15, 0.2) is 5.82 Å². The van der Waals surface area contributed by atoms with E-state index in [2.05, 4.69) is 20.7 Å². The number of benzene rings is 1. The van der Waals surface area contributed by atoms with Crippen LogP contribution in [0, 0.1) is 29.4 Å². The summed E-state index contributed by atoms with van der Waals surface area (Å²) in [6, 6.07) is 9.29. The lowest BCUT2D eigenvalue weighted by Gasteiger charge is -2.28. The summed E-state index contributed by atoms with van der Waals surface area (Å²) in [5, 5.41) is 21.7. The van der Waals surface area contributed by atoms with Crippen molar-refractivity contribution in [1.82, 2.24) is 14.6 Å². The van der Waals surface area contributed by atoms with E-state index >= 15 is 0 Å². The predicted octanol–water partition coefficient (Wildman–Crippen LogP) is 3.87. The monoisotopic (exact) mass is 408 g/mol. The highest BCUT2D eigenvalue weighted by molar-refractivity contribution is 5.96. The molecule has 2 aromatic heterocycles. The molecule has 2 N–H and O–H groups in total. The van der Waals surface area contributed by atoms with Crippen molar-refractivity contribution in [3.63, 3.8) is 0 Å². The molecule has 9 nitrogen and oxygen atoms in total. The lowest BCUT2D eigenvalue weighted by molar-refractivity contribution is -0.391. The molecule has 9 heteroatoms. The van der Waals surface area contributed by atoms with Gasteiger partial charge in [-0.1, -0.05) is 28.5 Å². The number of aromatic nitrogens is 3. The van der Waals surface area contributed by atoms with Crippen molar-refractivity contribution in [2.24, 2.45) is 5.41 Å². The van der Waals surface area contributed by atoms with Gasteiger partial charge >= 0.3 is 5.82 Å². The van der Waals surface area contributed by atoms with E-state index in [0.717, 1.165) is 36.9 Å². The van der Waals surface area contributed by atoms with Gasteiger partial charge in [-0.3, -0.25) is 4.79 Å². The van der Waals surface area contributed by atoms with Crippen LogP contribution < -0.4 is 10.6 Å². The second-order valence-corrected chi connectivity index (χ2v) is 7.96. The fourth-order valence-electron chi connectivity index (χ4n) is 3.96. The van der Waals surface area contributed by atoms with E-state index in [1.807, 2.05) is 32.0 Å². The maximum absolute atomic E-state index is 13.2. The number of aryl methyl sites for hydroxylation is 2. The van der Waals surface area contributed by atoms with Crippen LogP contribution in [0.25, 0.3) is 5.65 Å². The quantitative estimate of drug-likeness (QED) is 0.473. The van der Waals surface area contributed by atoms with Crippen LogP contribution in [0.2, 0.25) is 0 Å². The first-order chi connectivity index (χ1) is 14.4. The van der Waals surface area contributed by atoms with Gasteiger partial charge in [-0.2, -0.15) is 0 Å². The number of imidazole rings is 1. The molecule has 0 spiro atoms. The van der Waals surface area contributed by atoms with Crippen molar-refractivity contribution in [2.45, 2.75) is 39.5 Å². The Labute approximate surface area is 173 Å². The third-order valence-corrected chi connectivity index (χ3v) is 5.95. The molecule has 0 radical (unpaired) electrons. The van der Waals surface area contributed by atoms with Crippen molar-refractivity contribution in [3.8, 4) is 0 Å². The molecular weight excluding hydrogens is 384 g/mol. The molecule has 1 amide bonds. The second-order valence-electron chi connectivity index (χ2n) is 7.96. The van der Waals surface area contributed by atoms with Crippen molar-refractivity contribution in [1.29, 1.82) is 0 Å². The van der Waals surface area contributed by atoms with Gasteiger partial charge in [0, 0.05) is 18.3 Å². The minimum Gasteiger partial charge on any atom is -0.366 e. The predicted molar refractivity (Wildman–Crippen MR) is 114 cm³/mol. The van der Waals surface area contributed by atoms with Crippen LogP contribution in [-0.2, 0) is 4.79 Å². The molecule has 4 rings (SSSR count). The van der Waals surface area contributed by atoms with E-state index < -0.39 is 10.3 Å². The summed E-state index contributed by atoms with van der Waals surface area (Å²) >= 11 is 0. The Morgan fingerprint density at radius 2 is 1.97 bits per heavy atom. The number of nitrogens with zero attached hydrogens (tertiary/aromatic N) is 4. The summed E-state index contributed by atoms with van der Waals surface area (Å²) in [6.07, 6.45) is 4.72. The molecule has 1 saturated carbocycles. The fourth-order valence-corrected chi connectivity index (χ4v) is 3.96. The molecule has 1 aromatic carbocycles. The molecular formula is C21H24N6O3. The second kappa shape index (κ2) is 7.74. The van der Waals surface area contributed by atoms with E-state index in [0.29, 0.717) is 18.0 Å². The van der Waals surface area contributed by atoms with Crippen LogP contribution in [0.3, 0.4) is 0 Å². The molecule has 2 heterocycles. The lowest BCUT2D eigenvalue weighted by atomic mass is 9.84. The molecule has 3 aromatic rings. The van der Waals surface area contributed by atoms with Gasteiger partial charge in [-0.25, -0.2) is 4.98 Å². The molecule has 1 aliphatic carbocycles. The minimum absolute atomic E-state index is 0.00885. The number of carbonyl (C=O) groups is 1. The fraction of sp³-hybridized carbons (Fsp3) is 0.381. The van der Waals surface area contributed by atoms with E-state index in [1.54, 1.807) is 12.1 Å². The average Bonchev–Trinajstić information content (AvgIpc) is 3.36. The normalized spacial score (nSPS) is 15.3. The van der Waals surface area contributed by atoms with Crippen LogP contribution in [0.15, 0.2) is 36.5 Å². The van der Waals surface area contributed by atoms with E-state index in [1.165, 1.54) is 16.3 Å². The number of hydrogen-bond donors (Lipinski definition) is 2. The zero-order valence-electron chi connectivity index (χ0n) is 17.0. The third kappa shape index (κ3) is 3.70. The molecule has 0 unspecified atom stereocenters. The first-order valence-corrected chi connectivity index (χ1v) is 10.00. The Hall–Kier alpha value is -3.49. The standard InChI is InChI=1S/C21H24N6O3/c1-14-5-6-16(11-15(14)2)24-20(28)21(9-3-4-10-21)13-23-17-7-8-18-22-12-19(27(29)30)26(18)25-17/h5-8,11-12H,3-4,9-10,13H2,1-2H3,(H,23,25)(H,24,28). The van der Waals surface area contributed by atoms with E-state index in [4.69, 9.17) is 0 Å². The maximum Gasteiger partial charge on any atom is 0.368 e. The zero-order chi connectivity index (χ0) is 21.3. The lowest BCUT2D eigenvalue weighted by Crippen LogP contribution is -2.39. The highest BCUT2D eigenvalue weighted by Crippen LogP contribution is 2.39. The number of nitrogens with one attached hydrogen (secondary N) is 2. The number of anilines is 2. The van der Waals surface area contributed by atoms with Crippen molar-refractivity contribution in [3.05, 3.63) is 57.8 Å². The maximum atomic E-state index is 13.2. The molecule has 0 aliphatic heterocycles. The Morgan fingerprint density at radius 1 is 1.20 bits per heavy atom. The van der Waals surface area contributed by atoms with E-state index in [9.17, 15) is 14.9 Å². The van der Waals surface area contributed by atoms with Crippen molar-refractivity contribution < 1.29 is 9.72 Å². The topological polar surface area (TPSA) is 114 Å². The average molecular weight is 408 g/mol. The number of rotatable bonds is 6. The third-order valence-electron chi connectivity index (χ3n) is 5.95. The number of hydrogen-bond acceptors (Lipinski definition) is 6. The number of carbonyl (C=O) groups excluding carboxylic acids is 1. The largest absolute Gasteiger partial charge is 0.368 e. The van der Waals surface area contributed by atoms with Gasteiger partial charge in [0.2, 0.25) is 11.6 Å². The van der Waals surface area contributed by atoms with Gasteiger partial charge in [-0.15, -0.1) is 0 Å². The number of amides is 1. The van der Waals surface area contributed by atoms with Crippen LogP contribution in [0.5, 0.6) is 0 Å². The summed E-state index contributed by atoms with van der Waals surface area (Å²) in [5.41, 5.74) is 2.96. The Kier molecular flexibility index (Phi) is 5.11. The first kappa shape index (κ1) is 19.8. The highest BCUT2D eigenvalue weighted by atomic mass is 16.6. The molecule has 30 heavy (non-hydrogen) atoms. The molecule has 156 valence electrons. The molecule has 0 saturated heterocycles. The summed E-state index contributed by atoms with van der Waals surface area (Å²) in [6.45, 7) is 4.47. The number of nitro groups is 1. The van der Waals surface area contributed by atoms with Crippen molar-refractivity contribution in [2.75, 3.05) is 17.2 Å². The Morgan fingerprint density at radius 3 is 2.67 bits per heavy atom. The summed E-state index contributed by atoms with van der Waals surface area (Å²) in [5.74, 6) is 0.260. The van der Waals surface area contributed by atoms with Crippen molar-refractivity contribution >= 4 is 28.9 Å². The summed E-state index contributed by atoms with van der Waals surface area (Å²) in [7, 11) is 0. The Balaban J connectivity index is 1.52. The number of fused-ring (bicyclic) bond motifs is 1. The van der Waals surface area contributed by atoms with Crippen LogP contribution in [-0.4, -0.2) is 32.0 Å². The molecule has 0 atom stereocenters. The van der Waals surface area contributed by atoms with Gasteiger partial charge < -0.3 is 20.7 Å². The van der Waals surface area contributed by atoms with Crippen LogP contribution >= 0.6 is 0 Å². The minimum atomic E-state index is -0.545. The van der Waals surface area contributed by atoms with Gasteiger partial charge in [0.25, 0.3) is 0 Å². The summed E-state index contributed by atoms with van der Waals surface area (Å²) in [4.78, 5) is 27.8. The smallest absolute Gasteiger partial charge is 0.366 e. The van der Waals surface area contributed by atoms with Gasteiger partial charge in [-0.05, 0) is 60.9 Å². The van der Waals surface area contributed by atoms with Gasteiger partial charge in [0.1, 0.15) is 6.20 Å². The van der Waals surface area contributed by atoms with Crippen LogP contribution in [0.1, 0.15) is 36.8 Å². The molecule has 1 aliphatic rings. The Bertz CT molecular complexity index is 1120. The first-order valence-electron chi connectivity index (χ1n) is 10.00.